The van der Waals surface area contributed by atoms with Crippen molar-refractivity contribution < 1.29 is 4.74 Å². The minimum atomic E-state index is 0.312. The second-order valence-electron chi connectivity index (χ2n) is 4.94. The van der Waals surface area contributed by atoms with E-state index in [1.807, 2.05) is 14.0 Å². The molecule has 0 spiro atoms. The second-order valence-corrected chi connectivity index (χ2v) is 4.94. The summed E-state index contributed by atoms with van der Waals surface area (Å²) in [6.45, 7) is 6.19. The standard InChI is InChI=1S/C13H21N3O/c1-8(2)11-15-12(14-4)9(3)13(16-11)17-10-6-5-7-10/h8,10H,5-7H2,1-4H3,(H,14,15,16). The van der Waals surface area contributed by atoms with Gasteiger partial charge in [-0.3, -0.25) is 0 Å². The molecule has 0 bridgehead atoms. The molecule has 0 radical (unpaired) electrons. The van der Waals surface area contributed by atoms with Crippen LogP contribution in [-0.4, -0.2) is 23.1 Å². The van der Waals surface area contributed by atoms with Crippen LogP contribution in [0.4, 0.5) is 5.82 Å². The second kappa shape index (κ2) is 4.90. The quantitative estimate of drug-likeness (QED) is 0.871. The molecule has 1 aromatic heterocycles. The van der Waals surface area contributed by atoms with Gasteiger partial charge in [-0.2, -0.15) is 4.98 Å². The van der Waals surface area contributed by atoms with Crippen LogP contribution in [0.3, 0.4) is 0 Å². The Balaban J connectivity index is 2.30. The van der Waals surface area contributed by atoms with Gasteiger partial charge in [-0.25, -0.2) is 4.98 Å². The van der Waals surface area contributed by atoms with Crippen LogP contribution in [0.5, 0.6) is 5.88 Å². The molecule has 0 atom stereocenters. The number of hydrogen-bond donors (Lipinski definition) is 1. The summed E-state index contributed by atoms with van der Waals surface area (Å²) in [5.74, 6) is 2.77. The SMILES string of the molecule is CNc1nc(C(C)C)nc(OC2CCC2)c1C. The third-order valence-electron chi connectivity index (χ3n) is 3.20. The third-order valence-corrected chi connectivity index (χ3v) is 3.20. The van der Waals surface area contributed by atoms with Crippen molar-refractivity contribution in [3.63, 3.8) is 0 Å². The van der Waals surface area contributed by atoms with Gasteiger partial charge in [0, 0.05) is 13.0 Å². The van der Waals surface area contributed by atoms with Crippen LogP contribution in [0.25, 0.3) is 0 Å². The first kappa shape index (κ1) is 12.1. The van der Waals surface area contributed by atoms with E-state index in [9.17, 15) is 0 Å². The van der Waals surface area contributed by atoms with Gasteiger partial charge in [0.2, 0.25) is 5.88 Å². The van der Waals surface area contributed by atoms with E-state index >= 15 is 0 Å². The van der Waals surface area contributed by atoms with E-state index in [0.717, 1.165) is 35.9 Å². The molecule has 1 saturated carbocycles. The predicted molar refractivity (Wildman–Crippen MR) is 68.7 cm³/mol. The van der Waals surface area contributed by atoms with E-state index in [0.29, 0.717) is 12.0 Å². The van der Waals surface area contributed by atoms with Gasteiger partial charge in [-0.05, 0) is 26.2 Å². The normalized spacial score (nSPS) is 15.8. The van der Waals surface area contributed by atoms with Crippen LogP contribution >= 0.6 is 0 Å². The maximum absolute atomic E-state index is 5.92. The molecule has 1 heterocycles. The number of anilines is 1. The summed E-state index contributed by atoms with van der Waals surface area (Å²) < 4.78 is 5.92. The highest BCUT2D eigenvalue weighted by atomic mass is 16.5. The monoisotopic (exact) mass is 235 g/mol. The average molecular weight is 235 g/mol. The van der Waals surface area contributed by atoms with E-state index in [-0.39, 0.29) is 0 Å². The molecular formula is C13H21N3O. The van der Waals surface area contributed by atoms with Crippen molar-refractivity contribution in [2.75, 3.05) is 12.4 Å². The highest BCUT2D eigenvalue weighted by Gasteiger charge is 2.22. The van der Waals surface area contributed by atoms with Gasteiger partial charge >= 0.3 is 0 Å². The van der Waals surface area contributed by atoms with Crippen molar-refractivity contribution >= 4 is 5.82 Å². The fourth-order valence-corrected chi connectivity index (χ4v) is 1.78. The van der Waals surface area contributed by atoms with E-state index < -0.39 is 0 Å². The molecule has 17 heavy (non-hydrogen) atoms. The maximum atomic E-state index is 5.92. The number of hydrogen-bond acceptors (Lipinski definition) is 4. The van der Waals surface area contributed by atoms with Crippen LogP contribution in [0, 0.1) is 6.92 Å². The minimum Gasteiger partial charge on any atom is -0.474 e. The minimum absolute atomic E-state index is 0.312. The Bertz CT molecular complexity index is 400. The molecule has 1 N–H and O–H groups in total. The van der Waals surface area contributed by atoms with Crippen LogP contribution in [-0.2, 0) is 0 Å². The summed E-state index contributed by atoms with van der Waals surface area (Å²) in [6.07, 6.45) is 3.92. The van der Waals surface area contributed by atoms with Gasteiger partial charge < -0.3 is 10.1 Å². The zero-order chi connectivity index (χ0) is 12.4. The number of aromatic nitrogens is 2. The summed E-state index contributed by atoms with van der Waals surface area (Å²) in [7, 11) is 1.88. The summed E-state index contributed by atoms with van der Waals surface area (Å²) in [6, 6.07) is 0. The van der Waals surface area contributed by atoms with Gasteiger partial charge in [0.15, 0.2) is 0 Å². The van der Waals surface area contributed by atoms with Crippen molar-refractivity contribution in [3.8, 4) is 5.88 Å². The highest BCUT2D eigenvalue weighted by Crippen LogP contribution is 2.29. The van der Waals surface area contributed by atoms with Crippen molar-refractivity contribution in [2.45, 2.75) is 52.1 Å². The van der Waals surface area contributed by atoms with Crippen LogP contribution in [0.15, 0.2) is 0 Å². The van der Waals surface area contributed by atoms with Gasteiger partial charge in [-0.15, -0.1) is 0 Å². The molecule has 4 nitrogen and oxygen atoms in total. The van der Waals surface area contributed by atoms with Crippen molar-refractivity contribution in [1.29, 1.82) is 0 Å². The summed E-state index contributed by atoms with van der Waals surface area (Å²) in [5, 5.41) is 3.11. The van der Waals surface area contributed by atoms with Crippen LogP contribution < -0.4 is 10.1 Å². The molecule has 1 aromatic rings. The topological polar surface area (TPSA) is 47.0 Å². The first-order valence-corrected chi connectivity index (χ1v) is 6.34. The first-order chi connectivity index (χ1) is 8.11. The molecule has 0 aromatic carbocycles. The number of ether oxygens (including phenoxy) is 1. The highest BCUT2D eigenvalue weighted by molar-refractivity contribution is 5.48. The Labute approximate surface area is 103 Å². The zero-order valence-corrected chi connectivity index (χ0v) is 11.1. The Kier molecular flexibility index (Phi) is 3.50. The number of nitrogens with zero attached hydrogens (tertiary/aromatic N) is 2. The molecule has 94 valence electrons. The first-order valence-electron chi connectivity index (χ1n) is 6.34. The van der Waals surface area contributed by atoms with Crippen molar-refractivity contribution in [2.24, 2.45) is 0 Å². The van der Waals surface area contributed by atoms with Crippen LogP contribution in [0.2, 0.25) is 0 Å². The largest absolute Gasteiger partial charge is 0.474 e. The molecule has 0 unspecified atom stereocenters. The zero-order valence-electron chi connectivity index (χ0n) is 11.1. The smallest absolute Gasteiger partial charge is 0.222 e. The average Bonchev–Trinajstić information content (AvgIpc) is 2.24. The lowest BCUT2D eigenvalue weighted by atomic mass is 9.96. The van der Waals surface area contributed by atoms with Gasteiger partial charge in [0.1, 0.15) is 17.7 Å². The van der Waals surface area contributed by atoms with Crippen LogP contribution in [0.1, 0.15) is 50.4 Å². The summed E-state index contributed by atoms with van der Waals surface area (Å²) >= 11 is 0. The molecule has 0 aliphatic heterocycles. The van der Waals surface area contributed by atoms with Crippen molar-refractivity contribution in [1.82, 2.24) is 9.97 Å². The maximum Gasteiger partial charge on any atom is 0.222 e. The summed E-state index contributed by atoms with van der Waals surface area (Å²) in [4.78, 5) is 9.03. The van der Waals surface area contributed by atoms with Gasteiger partial charge in [0.05, 0.1) is 5.56 Å². The summed E-state index contributed by atoms with van der Waals surface area (Å²) in [5.41, 5.74) is 1.00. The molecule has 1 aliphatic carbocycles. The predicted octanol–water partition coefficient (Wildman–Crippen LogP) is 2.88. The lowest BCUT2D eigenvalue weighted by Gasteiger charge is -2.27. The fourth-order valence-electron chi connectivity index (χ4n) is 1.78. The van der Waals surface area contributed by atoms with E-state index in [2.05, 4.69) is 29.1 Å². The third kappa shape index (κ3) is 2.51. The molecule has 1 fully saturated rings. The number of nitrogens with one attached hydrogen (secondary N) is 1. The molecule has 0 saturated heterocycles. The molecular weight excluding hydrogens is 214 g/mol. The molecule has 2 rings (SSSR count). The molecule has 0 amide bonds. The van der Waals surface area contributed by atoms with Crippen molar-refractivity contribution in [3.05, 3.63) is 11.4 Å². The molecule has 1 aliphatic rings. The molecule has 4 heteroatoms. The number of rotatable bonds is 4. The van der Waals surface area contributed by atoms with Gasteiger partial charge in [0.25, 0.3) is 0 Å². The van der Waals surface area contributed by atoms with E-state index in [1.165, 1.54) is 6.42 Å². The fraction of sp³-hybridized carbons (Fsp3) is 0.692. The Morgan fingerprint density at radius 2 is 2.00 bits per heavy atom. The Morgan fingerprint density at radius 3 is 2.47 bits per heavy atom. The van der Waals surface area contributed by atoms with E-state index in [1.54, 1.807) is 0 Å². The van der Waals surface area contributed by atoms with E-state index in [4.69, 9.17) is 4.74 Å². The lowest BCUT2D eigenvalue weighted by Crippen LogP contribution is -2.26. The lowest BCUT2D eigenvalue weighted by molar-refractivity contribution is 0.113. The Morgan fingerprint density at radius 1 is 1.29 bits per heavy atom. The van der Waals surface area contributed by atoms with Gasteiger partial charge in [-0.1, -0.05) is 13.8 Å². The Hall–Kier alpha value is -1.32.